The van der Waals surface area contributed by atoms with Crippen molar-refractivity contribution in [3.63, 3.8) is 0 Å². The smallest absolute Gasteiger partial charge is 0.119 e. The molecule has 17 heavy (non-hydrogen) atoms. The van der Waals surface area contributed by atoms with Gasteiger partial charge in [0.15, 0.2) is 0 Å². The highest BCUT2D eigenvalue weighted by molar-refractivity contribution is 5.37. The van der Waals surface area contributed by atoms with Crippen LogP contribution in [0.15, 0.2) is 18.2 Å². The van der Waals surface area contributed by atoms with Crippen LogP contribution in [-0.4, -0.2) is 41.8 Å². The second-order valence-corrected chi connectivity index (χ2v) is 4.35. The van der Waals surface area contributed by atoms with E-state index in [0.29, 0.717) is 0 Å². The fraction of sp³-hybridized carbons (Fsp3) is 0.538. The number of nitrogens with zero attached hydrogens (tertiary/aromatic N) is 1. The van der Waals surface area contributed by atoms with Gasteiger partial charge in [-0.25, -0.2) is 0 Å². The monoisotopic (exact) mass is 238 g/mol. The van der Waals surface area contributed by atoms with Crippen molar-refractivity contribution in [3.05, 3.63) is 23.8 Å². The maximum absolute atomic E-state index is 9.40. The van der Waals surface area contributed by atoms with Crippen molar-refractivity contribution >= 4 is 0 Å². The van der Waals surface area contributed by atoms with E-state index in [4.69, 9.17) is 0 Å². The molecule has 0 radical (unpaired) electrons. The van der Waals surface area contributed by atoms with Crippen LogP contribution in [-0.2, 0) is 0 Å². The van der Waals surface area contributed by atoms with Crippen LogP contribution in [0.3, 0.4) is 0 Å². The Morgan fingerprint density at radius 2 is 1.82 bits per heavy atom. The summed E-state index contributed by atoms with van der Waals surface area (Å²) in [5, 5.41) is 22.2. The van der Waals surface area contributed by atoms with Gasteiger partial charge in [-0.3, -0.25) is 0 Å². The Labute approximate surface area is 103 Å². The lowest BCUT2D eigenvalue weighted by Crippen LogP contribution is -2.30. The molecule has 1 aromatic carbocycles. The summed E-state index contributed by atoms with van der Waals surface area (Å²) in [5.41, 5.74) is 0.890. The standard InChI is InChI=1S/C13H22N2O2/c1-4-15(3)6-5-14-10(2)11-7-12(16)9-13(17)8-11/h7-10,14,16-17H,4-6H2,1-3H3. The summed E-state index contributed by atoms with van der Waals surface area (Å²) in [7, 11) is 2.08. The zero-order valence-electron chi connectivity index (χ0n) is 10.8. The summed E-state index contributed by atoms with van der Waals surface area (Å²) in [6.07, 6.45) is 0. The van der Waals surface area contributed by atoms with Gasteiger partial charge in [-0.1, -0.05) is 6.92 Å². The van der Waals surface area contributed by atoms with Gasteiger partial charge in [-0.2, -0.15) is 0 Å². The third-order valence-electron chi connectivity index (χ3n) is 2.91. The second-order valence-electron chi connectivity index (χ2n) is 4.35. The molecule has 4 heteroatoms. The molecule has 3 N–H and O–H groups in total. The number of phenolic OH excluding ortho intramolecular Hbond substituents is 2. The first-order chi connectivity index (χ1) is 8.02. The molecule has 4 nitrogen and oxygen atoms in total. The lowest BCUT2D eigenvalue weighted by atomic mass is 10.1. The minimum Gasteiger partial charge on any atom is -0.508 e. The number of phenols is 2. The van der Waals surface area contributed by atoms with Crippen LogP contribution < -0.4 is 5.32 Å². The molecule has 0 aliphatic carbocycles. The van der Waals surface area contributed by atoms with Crippen molar-refractivity contribution in [1.82, 2.24) is 10.2 Å². The summed E-state index contributed by atoms with van der Waals surface area (Å²) in [4.78, 5) is 2.22. The number of aromatic hydroxyl groups is 2. The number of hydrogen-bond donors (Lipinski definition) is 3. The second kappa shape index (κ2) is 6.47. The molecule has 0 aromatic heterocycles. The fourth-order valence-electron chi connectivity index (χ4n) is 1.62. The molecular formula is C13H22N2O2. The lowest BCUT2D eigenvalue weighted by molar-refractivity contribution is 0.342. The minimum atomic E-state index is 0.0966. The number of nitrogens with one attached hydrogen (secondary N) is 1. The zero-order valence-corrected chi connectivity index (χ0v) is 10.8. The maximum atomic E-state index is 9.40. The van der Waals surface area contributed by atoms with Crippen molar-refractivity contribution in [2.75, 3.05) is 26.7 Å². The highest BCUT2D eigenvalue weighted by Crippen LogP contribution is 2.24. The lowest BCUT2D eigenvalue weighted by Gasteiger charge is -2.18. The van der Waals surface area contributed by atoms with Gasteiger partial charge in [0, 0.05) is 25.2 Å². The van der Waals surface area contributed by atoms with Gasteiger partial charge in [-0.05, 0) is 38.2 Å². The third-order valence-corrected chi connectivity index (χ3v) is 2.91. The molecule has 0 aliphatic heterocycles. The van der Waals surface area contributed by atoms with E-state index in [1.165, 1.54) is 6.07 Å². The summed E-state index contributed by atoms with van der Waals surface area (Å²) in [5.74, 6) is 0.193. The molecular weight excluding hydrogens is 216 g/mol. The van der Waals surface area contributed by atoms with Gasteiger partial charge in [0.2, 0.25) is 0 Å². The average molecular weight is 238 g/mol. The van der Waals surface area contributed by atoms with E-state index < -0.39 is 0 Å². The molecule has 0 saturated carbocycles. The van der Waals surface area contributed by atoms with Crippen molar-refractivity contribution in [2.24, 2.45) is 0 Å². The zero-order chi connectivity index (χ0) is 12.8. The predicted octanol–water partition coefficient (Wildman–Crippen LogP) is 1.70. The van der Waals surface area contributed by atoms with E-state index in [1.807, 2.05) is 6.92 Å². The highest BCUT2D eigenvalue weighted by atomic mass is 16.3. The van der Waals surface area contributed by atoms with Crippen LogP contribution in [0, 0.1) is 0 Å². The van der Waals surface area contributed by atoms with E-state index in [9.17, 15) is 10.2 Å². The number of benzene rings is 1. The molecule has 0 bridgehead atoms. The van der Waals surface area contributed by atoms with Crippen LogP contribution in [0.1, 0.15) is 25.5 Å². The van der Waals surface area contributed by atoms with Crippen LogP contribution in [0.25, 0.3) is 0 Å². The van der Waals surface area contributed by atoms with Crippen LogP contribution in [0.4, 0.5) is 0 Å². The first kappa shape index (κ1) is 13.8. The van der Waals surface area contributed by atoms with Crippen molar-refractivity contribution in [2.45, 2.75) is 19.9 Å². The van der Waals surface area contributed by atoms with Crippen molar-refractivity contribution < 1.29 is 10.2 Å². The van der Waals surface area contributed by atoms with Gasteiger partial charge in [0.05, 0.1) is 0 Å². The van der Waals surface area contributed by atoms with Gasteiger partial charge in [-0.15, -0.1) is 0 Å². The normalized spacial score (nSPS) is 12.9. The molecule has 1 atom stereocenters. The first-order valence-electron chi connectivity index (χ1n) is 5.97. The molecule has 0 saturated heterocycles. The largest absolute Gasteiger partial charge is 0.508 e. The van der Waals surface area contributed by atoms with E-state index in [-0.39, 0.29) is 17.5 Å². The minimum absolute atomic E-state index is 0.0966. The van der Waals surface area contributed by atoms with Gasteiger partial charge in [0.1, 0.15) is 11.5 Å². The Kier molecular flexibility index (Phi) is 5.25. The van der Waals surface area contributed by atoms with Crippen LogP contribution in [0.2, 0.25) is 0 Å². The molecule has 0 heterocycles. The fourth-order valence-corrected chi connectivity index (χ4v) is 1.62. The van der Waals surface area contributed by atoms with E-state index in [0.717, 1.165) is 25.2 Å². The Hall–Kier alpha value is -1.26. The first-order valence-corrected chi connectivity index (χ1v) is 5.97. The van der Waals surface area contributed by atoms with Gasteiger partial charge >= 0.3 is 0 Å². The Morgan fingerprint density at radius 3 is 2.35 bits per heavy atom. The number of rotatable bonds is 6. The Morgan fingerprint density at radius 1 is 1.24 bits per heavy atom. The predicted molar refractivity (Wildman–Crippen MR) is 69.4 cm³/mol. The topological polar surface area (TPSA) is 55.7 Å². The molecule has 0 spiro atoms. The molecule has 1 aromatic rings. The molecule has 1 unspecified atom stereocenters. The number of hydrogen-bond acceptors (Lipinski definition) is 4. The van der Waals surface area contributed by atoms with E-state index in [1.54, 1.807) is 12.1 Å². The van der Waals surface area contributed by atoms with Crippen LogP contribution >= 0.6 is 0 Å². The molecule has 0 amide bonds. The third kappa shape index (κ3) is 4.63. The summed E-state index contributed by atoms with van der Waals surface area (Å²) >= 11 is 0. The van der Waals surface area contributed by atoms with Crippen LogP contribution in [0.5, 0.6) is 11.5 Å². The molecule has 0 aliphatic rings. The SMILES string of the molecule is CCN(C)CCNC(C)c1cc(O)cc(O)c1. The van der Waals surface area contributed by atoms with E-state index in [2.05, 4.69) is 24.2 Å². The van der Waals surface area contributed by atoms with Crippen molar-refractivity contribution in [3.8, 4) is 11.5 Å². The van der Waals surface area contributed by atoms with Gasteiger partial charge < -0.3 is 20.4 Å². The highest BCUT2D eigenvalue weighted by Gasteiger charge is 2.07. The summed E-state index contributed by atoms with van der Waals surface area (Å²) < 4.78 is 0. The average Bonchev–Trinajstić information content (AvgIpc) is 2.27. The Balaban J connectivity index is 2.49. The molecule has 0 fully saturated rings. The van der Waals surface area contributed by atoms with E-state index >= 15 is 0 Å². The quantitative estimate of drug-likeness (QED) is 0.706. The summed E-state index contributed by atoms with van der Waals surface area (Å²) in [6, 6.07) is 4.78. The van der Waals surface area contributed by atoms with Crippen molar-refractivity contribution in [1.29, 1.82) is 0 Å². The maximum Gasteiger partial charge on any atom is 0.119 e. The summed E-state index contributed by atoms with van der Waals surface area (Å²) in [6.45, 7) is 7.02. The molecule has 1 rings (SSSR count). The Bertz CT molecular complexity index is 335. The number of likely N-dealkylation sites (N-methyl/N-ethyl adjacent to an activating group) is 1. The molecule has 96 valence electrons. The van der Waals surface area contributed by atoms with Gasteiger partial charge in [0.25, 0.3) is 0 Å².